The number of carbonyl (C=O) groups excluding carboxylic acids is 1. The first-order chi connectivity index (χ1) is 22.6. The second kappa shape index (κ2) is 12.7. The average molecular weight is 659 g/mol. The molecule has 3 unspecified atom stereocenters. The Labute approximate surface area is 275 Å². The SMILES string of the molecule is CC1CC2CCC(C1)N2C(=O)C(NS(=O)(=O)c1ccc2cc(OC3CCCC3)ccc2c1)C(F)(F)c1cccc(-c2ccccc2)c1. The fourth-order valence-corrected chi connectivity index (χ4v) is 9.03. The topological polar surface area (TPSA) is 75.7 Å². The predicted molar refractivity (Wildman–Crippen MR) is 179 cm³/mol. The Morgan fingerprint density at radius 2 is 1.49 bits per heavy atom. The standard InChI is InChI=1S/C38H40F2N2O4S/c1-25-20-31-16-17-32(21-25)42(31)37(43)36(38(39,40)30-11-7-10-27(22-30)26-8-3-2-4-9-26)41-47(44,45)35-19-15-28-23-34(18-14-29(28)24-35)46-33-12-5-6-13-33/h2-4,7-11,14-15,18-19,22-25,31-33,36,41H,5-6,12-13,16-17,20-21H2,1H3. The molecule has 1 aliphatic carbocycles. The van der Waals surface area contributed by atoms with Crippen LogP contribution in [-0.2, 0) is 20.7 Å². The number of nitrogens with zero attached hydrogens (tertiary/aromatic N) is 1. The molecular weight excluding hydrogens is 618 g/mol. The maximum Gasteiger partial charge on any atom is 0.298 e. The van der Waals surface area contributed by atoms with Crippen LogP contribution in [0.25, 0.3) is 21.9 Å². The first-order valence-electron chi connectivity index (χ1n) is 16.7. The summed E-state index contributed by atoms with van der Waals surface area (Å²) in [4.78, 5) is 15.6. The molecule has 2 heterocycles. The Bertz CT molecular complexity index is 1860. The summed E-state index contributed by atoms with van der Waals surface area (Å²) in [6.45, 7) is 2.11. The molecule has 0 aromatic heterocycles. The van der Waals surface area contributed by atoms with E-state index < -0.39 is 33.5 Å². The number of hydrogen-bond acceptors (Lipinski definition) is 4. The summed E-state index contributed by atoms with van der Waals surface area (Å²) in [6.07, 6.45) is 7.39. The van der Waals surface area contributed by atoms with E-state index >= 15 is 8.78 Å². The van der Waals surface area contributed by atoms with Crippen LogP contribution in [0.5, 0.6) is 5.75 Å². The number of rotatable bonds is 9. The Balaban J connectivity index is 1.22. The zero-order valence-electron chi connectivity index (χ0n) is 26.4. The second-order valence-electron chi connectivity index (χ2n) is 13.5. The van der Waals surface area contributed by atoms with Crippen LogP contribution >= 0.6 is 0 Å². The molecule has 2 aliphatic heterocycles. The molecule has 3 aliphatic rings. The van der Waals surface area contributed by atoms with Crippen LogP contribution in [0.15, 0.2) is 95.9 Å². The summed E-state index contributed by atoms with van der Waals surface area (Å²) in [7, 11) is -4.55. The molecule has 246 valence electrons. The van der Waals surface area contributed by atoms with E-state index in [1.807, 2.05) is 36.4 Å². The average Bonchev–Trinajstić information content (AvgIpc) is 3.68. The summed E-state index contributed by atoms with van der Waals surface area (Å²) in [5, 5.41) is 1.40. The van der Waals surface area contributed by atoms with Gasteiger partial charge in [-0.05, 0) is 110 Å². The molecule has 2 saturated heterocycles. The Morgan fingerprint density at radius 3 is 2.21 bits per heavy atom. The van der Waals surface area contributed by atoms with Crippen molar-refractivity contribution in [3.63, 3.8) is 0 Å². The van der Waals surface area contributed by atoms with Crippen molar-refractivity contribution in [1.29, 1.82) is 0 Å². The van der Waals surface area contributed by atoms with Crippen LogP contribution in [0, 0.1) is 5.92 Å². The van der Waals surface area contributed by atoms with Gasteiger partial charge in [0.05, 0.1) is 11.0 Å². The summed E-state index contributed by atoms with van der Waals surface area (Å²) in [6, 6.07) is 22.2. The number of halogens is 2. The minimum Gasteiger partial charge on any atom is -0.490 e. The van der Waals surface area contributed by atoms with Crippen molar-refractivity contribution < 1.29 is 26.7 Å². The molecule has 3 fully saturated rings. The normalized spacial score (nSPS) is 22.4. The molecule has 3 atom stereocenters. The van der Waals surface area contributed by atoms with Gasteiger partial charge in [0.2, 0.25) is 15.9 Å². The third-order valence-electron chi connectivity index (χ3n) is 10.2. The zero-order chi connectivity index (χ0) is 32.8. The van der Waals surface area contributed by atoms with E-state index in [1.165, 1.54) is 30.3 Å². The van der Waals surface area contributed by atoms with Crippen LogP contribution in [0.3, 0.4) is 0 Å². The van der Waals surface area contributed by atoms with Gasteiger partial charge >= 0.3 is 0 Å². The van der Waals surface area contributed by atoms with Gasteiger partial charge in [0.15, 0.2) is 6.04 Å². The molecule has 1 saturated carbocycles. The second-order valence-corrected chi connectivity index (χ2v) is 15.2. The molecule has 1 amide bonds. The van der Waals surface area contributed by atoms with Crippen molar-refractivity contribution in [3.8, 4) is 16.9 Å². The molecule has 9 heteroatoms. The molecular formula is C38H40F2N2O4S. The highest BCUT2D eigenvalue weighted by Gasteiger charge is 2.53. The van der Waals surface area contributed by atoms with Gasteiger partial charge in [-0.15, -0.1) is 0 Å². The summed E-state index contributed by atoms with van der Waals surface area (Å²) in [5.74, 6) is -3.64. The first kappa shape index (κ1) is 31.8. The van der Waals surface area contributed by atoms with Gasteiger partial charge in [-0.2, -0.15) is 13.5 Å². The molecule has 6 nitrogen and oxygen atoms in total. The van der Waals surface area contributed by atoms with E-state index in [-0.39, 0.29) is 23.1 Å². The lowest BCUT2D eigenvalue weighted by Gasteiger charge is -2.41. The Kier molecular flexibility index (Phi) is 8.55. The number of sulfonamides is 1. The molecule has 4 aromatic carbocycles. The highest BCUT2D eigenvalue weighted by Crippen LogP contribution is 2.42. The van der Waals surface area contributed by atoms with E-state index in [4.69, 9.17) is 4.74 Å². The van der Waals surface area contributed by atoms with Gasteiger partial charge in [-0.1, -0.05) is 67.6 Å². The number of nitrogens with one attached hydrogen (secondary N) is 1. The van der Waals surface area contributed by atoms with E-state index in [0.29, 0.717) is 35.5 Å². The molecule has 1 N–H and O–H groups in total. The molecule has 7 rings (SSSR count). The summed E-state index contributed by atoms with van der Waals surface area (Å²) < 4.78 is 69.8. The van der Waals surface area contributed by atoms with Crippen molar-refractivity contribution in [2.45, 2.75) is 93.3 Å². The maximum absolute atomic E-state index is 16.8. The number of fused-ring (bicyclic) bond motifs is 3. The maximum atomic E-state index is 16.8. The highest BCUT2D eigenvalue weighted by atomic mass is 32.2. The minimum atomic E-state index is -4.55. The Hall–Kier alpha value is -3.82. The summed E-state index contributed by atoms with van der Waals surface area (Å²) >= 11 is 0. The van der Waals surface area contributed by atoms with Crippen LogP contribution in [-0.4, -0.2) is 43.5 Å². The van der Waals surface area contributed by atoms with Crippen LogP contribution in [0.2, 0.25) is 0 Å². The van der Waals surface area contributed by atoms with Gasteiger partial charge < -0.3 is 9.64 Å². The number of piperidine rings is 1. The van der Waals surface area contributed by atoms with Crippen molar-refractivity contribution in [2.24, 2.45) is 5.92 Å². The van der Waals surface area contributed by atoms with E-state index in [0.717, 1.165) is 49.5 Å². The monoisotopic (exact) mass is 658 g/mol. The third kappa shape index (κ3) is 6.40. The number of carbonyl (C=O) groups is 1. The van der Waals surface area contributed by atoms with E-state index in [2.05, 4.69) is 11.6 Å². The van der Waals surface area contributed by atoms with E-state index in [1.54, 1.807) is 29.2 Å². The number of amides is 1. The van der Waals surface area contributed by atoms with Crippen molar-refractivity contribution >= 4 is 26.7 Å². The van der Waals surface area contributed by atoms with E-state index in [9.17, 15) is 13.2 Å². The smallest absolute Gasteiger partial charge is 0.298 e. The summed E-state index contributed by atoms with van der Waals surface area (Å²) in [5.41, 5.74) is 0.866. The fourth-order valence-electron chi connectivity index (χ4n) is 7.81. The van der Waals surface area contributed by atoms with Crippen molar-refractivity contribution in [1.82, 2.24) is 9.62 Å². The molecule has 4 aromatic rings. The predicted octanol–water partition coefficient (Wildman–Crippen LogP) is 8.06. The number of ether oxygens (including phenoxy) is 1. The van der Waals surface area contributed by atoms with Gasteiger partial charge in [-0.3, -0.25) is 4.79 Å². The lowest BCUT2D eigenvalue weighted by atomic mass is 9.90. The van der Waals surface area contributed by atoms with Crippen LogP contribution in [0.1, 0.15) is 63.9 Å². The zero-order valence-corrected chi connectivity index (χ0v) is 27.3. The quantitative estimate of drug-likeness (QED) is 0.198. The van der Waals surface area contributed by atoms with Gasteiger partial charge in [0.25, 0.3) is 5.92 Å². The number of benzene rings is 4. The lowest BCUT2D eigenvalue weighted by Crippen LogP contribution is -2.59. The van der Waals surface area contributed by atoms with Crippen LogP contribution < -0.4 is 9.46 Å². The third-order valence-corrected chi connectivity index (χ3v) is 11.6. The molecule has 47 heavy (non-hydrogen) atoms. The first-order valence-corrected chi connectivity index (χ1v) is 18.2. The van der Waals surface area contributed by atoms with Gasteiger partial charge in [0, 0.05) is 17.6 Å². The molecule has 2 bridgehead atoms. The van der Waals surface area contributed by atoms with Crippen molar-refractivity contribution in [3.05, 3.63) is 96.6 Å². The van der Waals surface area contributed by atoms with Crippen molar-refractivity contribution in [2.75, 3.05) is 0 Å². The molecule has 0 radical (unpaired) electrons. The number of hydrogen-bond donors (Lipinski definition) is 1. The largest absolute Gasteiger partial charge is 0.490 e. The van der Waals surface area contributed by atoms with Crippen LogP contribution in [0.4, 0.5) is 8.78 Å². The lowest BCUT2D eigenvalue weighted by molar-refractivity contribution is -0.149. The Morgan fingerprint density at radius 1 is 0.830 bits per heavy atom. The fraction of sp³-hybridized carbons (Fsp3) is 0.395. The number of alkyl halides is 2. The molecule has 0 spiro atoms. The highest BCUT2D eigenvalue weighted by molar-refractivity contribution is 7.89. The van der Waals surface area contributed by atoms with Gasteiger partial charge in [0.1, 0.15) is 5.75 Å². The minimum absolute atomic E-state index is 0.180. The van der Waals surface area contributed by atoms with Gasteiger partial charge in [-0.25, -0.2) is 8.42 Å².